The van der Waals surface area contributed by atoms with Crippen molar-refractivity contribution in [3.05, 3.63) is 11.8 Å². The zero-order valence-corrected chi connectivity index (χ0v) is 10.8. The number of ether oxygens (including phenoxy) is 1. The second-order valence-electron chi connectivity index (χ2n) is 4.10. The zero-order chi connectivity index (χ0) is 12.2. The van der Waals surface area contributed by atoms with Gasteiger partial charge in [0, 0.05) is 31.8 Å². The molecule has 3 nitrogen and oxygen atoms in total. The minimum Gasteiger partial charge on any atom is -0.391 e. The number of unbranched alkanes of at least 4 members (excludes halogenated alkanes) is 3. The Kier molecular flexibility index (Phi) is 10.1. The van der Waals surface area contributed by atoms with Crippen molar-refractivity contribution in [1.29, 1.82) is 0 Å². The third-order valence-corrected chi connectivity index (χ3v) is 2.54. The maximum atomic E-state index is 10.8. The van der Waals surface area contributed by atoms with Gasteiger partial charge in [0.2, 0.25) is 0 Å². The number of carbonyl (C=O) groups is 1. The highest BCUT2D eigenvalue weighted by Gasteiger charge is 2.02. The molecule has 94 valence electrons. The Morgan fingerprint density at radius 2 is 2.12 bits per heavy atom. The summed E-state index contributed by atoms with van der Waals surface area (Å²) >= 11 is 0. The number of hydrogen-bond donors (Lipinski definition) is 1. The van der Waals surface area contributed by atoms with Crippen molar-refractivity contribution in [2.24, 2.45) is 0 Å². The third-order valence-electron chi connectivity index (χ3n) is 2.54. The molecule has 0 saturated heterocycles. The molecule has 3 heteroatoms. The van der Waals surface area contributed by atoms with Gasteiger partial charge in [-0.3, -0.25) is 4.79 Å². The van der Waals surface area contributed by atoms with E-state index in [4.69, 9.17) is 4.74 Å². The standard InChI is InChI=1S/C13H25NO2/c1-4-5-6-7-8-14-10-13(11-15)9-12(2)16-3/h10-12,14H,4-9H2,1-3H3/b13-10-. The van der Waals surface area contributed by atoms with Crippen LogP contribution in [0, 0.1) is 0 Å². The number of aldehydes is 1. The summed E-state index contributed by atoms with van der Waals surface area (Å²) in [6.45, 7) is 5.10. The summed E-state index contributed by atoms with van der Waals surface area (Å²) in [5.74, 6) is 0. The Labute approximate surface area is 99.3 Å². The topological polar surface area (TPSA) is 38.3 Å². The predicted molar refractivity (Wildman–Crippen MR) is 67.4 cm³/mol. The highest BCUT2D eigenvalue weighted by Crippen LogP contribution is 2.04. The average molecular weight is 227 g/mol. The minimum atomic E-state index is 0.0957. The Hall–Kier alpha value is -0.830. The second-order valence-corrected chi connectivity index (χ2v) is 4.10. The van der Waals surface area contributed by atoms with Crippen LogP contribution in [-0.4, -0.2) is 26.0 Å². The fraction of sp³-hybridized carbons (Fsp3) is 0.769. The largest absolute Gasteiger partial charge is 0.391 e. The van der Waals surface area contributed by atoms with E-state index in [9.17, 15) is 4.79 Å². The lowest BCUT2D eigenvalue weighted by molar-refractivity contribution is -0.105. The van der Waals surface area contributed by atoms with Gasteiger partial charge < -0.3 is 10.1 Å². The van der Waals surface area contributed by atoms with Crippen molar-refractivity contribution < 1.29 is 9.53 Å². The summed E-state index contributed by atoms with van der Waals surface area (Å²) in [6, 6.07) is 0. The average Bonchev–Trinajstić information content (AvgIpc) is 2.31. The fourth-order valence-corrected chi connectivity index (χ4v) is 1.41. The van der Waals surface area contributed by atoms with Crippen LogP contribution in [0.25, 0.3) is 0 Å². The first kappa shape index (κ1) is 15.2. The molecule has 0 spiro atoms. The normalized spacial score (nSPS) is 13.6. The number of rotatable bonds is 10. The molecule has 0 heterocycles. The van der Waals surface area contributed by atoms with Gasteiger partial charge in [0.05, 0.1) is 6.10 Å². The first-order valence-electron chi connectivity index (χ1n) is 6.15. The fourth-order valence-electron chi connectivity index (χ4n) is 1.41. The molecule has 0 amide bonds. The van der Waals surface area contributed by atoms with Crippen molar-refractivity contribution in [3.63, 3.8) is 0 Å². The van der Waals surface area contributed by atoms with Crippen LogP contribution >= 0.6 is 0 Å². The summed E-state index contributed by atoms with van der Waals surface area (Å²) in [5.41, 5.74) is 0.768. The Morgan fingerprint density at radius 1 is 1.38 bits per heavy atom. The summed E-state index contributed by atoms with van der Waals surface area (Å²) < 4.78 is 5.11. The van der Waals surface area contributed by atoms with Crippen LogP contribution in [0.2, 0.25) is 0 Å². The molecule has 0 aliphatic carbocycles. The molecule has 0 aromatic heterocycles. The molecule has 0 fully saturated rings. The van der Waals surface area contributed by atoms with Gasteiger partial charge >= 0.3 is 0 Å². The van der Waals surface area contributed by atoms with Gasteiger partial charge in [-0.1, -0.05) is 26.2 Å². The first-order valence-corrected chi connectivity index (χ1v) is 6.15. The van der Waals surface area contributed by atoms with Gasteiger partial charge in [0.1, 0.15) is 6.29 Å². The van der Waals surface area contributed by atoms with E-state index in [1.54, 1.807) is 7.11 Å². The summed E-state index contributed by atoms with van der Waals surface area (Å²) in [6.07, 6.45) is 8.43. The maximum Gasteiger partial charge on any atom is 0.147 e. The van der Waals surface area contributed by atoms with Gasteiger partial charge in [-0.15, -0.1) is 0 Å². The summed E-state index contributed by atoms with van der Waals surface area (Å²) in [4.78, 5) is 10.8. The van der Waals surface area contributed by atoms with E-state index in [0.29, 0.717) is 6.42 Å². The van der Waals surface area contributed by atoms with Gasteiger partial charge in [0.15, 0.2) is 0 Å². The van der Waals surface area contributed by atoms with E-state index in [0.717, 1.165) is 24.8 Å². The number of hydrogen-bond acceptors (Lipinski definition) is 3. The van der Waals surface area contributed by atoms with Crippen molar-refractivity contribution >= 4 is 6.29 Å². The van der Waals surface area contributed by atoms with Crippen LogP contribution in [0.1, 0.15) is 46.0 Å². The van der Waals surface area contributed by atoms with E-state index in [-0.39, 0.29) is 6.10 Å². The van der Waals surface area contributed by atoms with E-state index in [1.807, 2.05) is 13.1 Å². The molecule has 0 bridgehead atoms. The lowest BCUT2D eigenvalue weighted by Crippen LogP contribution is -2.12. The van der Waals surface area contributed by atoms with Crippen LogP contribution in [-0.2, 0) is 9.53 Å². The second kappa shape index (κ2) is 10.7. The van der Waals surface area contributed by atoms with Gasteiger partial charge in [-0.05, 0) is 13.3 Å². The molecule has 0 aromatic carbocycles. The lowest BCUT2D eigenvalue weighted by Gasteiger charge is -2.09. The SMILES string of the molecule is CCCCCCN/C=C(\C=O)CC(C)OC. The van der Waals surface area contributed by atoms with Crippen molar-refractivity contribution in [3.8, 4) is 0 Å². The number of methoxy groups -OCH3 is 1. The molecular weight excluding hydrogens is 202 g/mol. The summed E-state index contributed by atoms with van der Waals surface area (Å²) in [5, 5.41) is 3.18. The Morgan fingerprint density at radius 3 is 2.69 bits per heavy atom. The third kappa shape index (κ3) is 8.48. The molecule has 0 saturated carbocycles. The van der Waals surface area contributed by atoms with Crippen molar-refractivity contribution in [1.82, 2.24) is 5.32 Å². The molecule has 1 N–H and O–H groups in total. The molecule has 0 rings (SSSR count). The molecule has 0 aromatic rings. The van der Waals surface area contributed by atoms with Gasteiger partial charge in [-0.2, -0.15) is 0 Å². The van der Waals surface area contributed by atoms with Gasteiger partial charge in [-0.25, -0.2) is 0 Å². The minimum absolute atomic E-state index is 0.0957. The van der Waals surface area contributed by atoms with E-state index >= 15 is 0 Å². The molecule has 16 heavy (non-hydrogen) atoms. The Bertz CT molecular complexity index is 202. The van der Waals surface area contributed by atoms with E-state index < -0.39 is 0 Å². The number of carbonyl (C=O) groups excluding carboxylic acids is 1. The molecule has 0 aliphatic rings. The van der Waals surface area contributed by atoms with Crippen LogP contribution in [0.4, 0.5) is 0 Å². The maximum absolute atomic E-state index is 10.8. The molecule has 0 radical (unpaired) electrons. The van der Waals surface area contributed by atoms with Crippen molar-refractivity contribution in [2.45, 2.75) is 52.1 Å². The highest BCUT2D eigenvalue weighted by atomic mass is 16.5. The smallest absolute Gasteiger partial charge is 0.147 e. The van der Waals surface area contributed by atoms with Crippen molar-refractivity contribution in [2.75, 3.05) is 13.7 Å². The number of nitrogens with one attached hydrogen (secondary N) is 1. The molecule has 0 aliphatic heterocycles. The first-order chi connectivity index (χ1) is 7.74. The molecule has 1 unspecified atom stereocenters. The molecular formula is C13H25NO2. The van der Waals surface area contributed by atoms with Crippen LogP contribution < -0.4 is 5.32 Å². The predicted octanol–water partition coefficient (Wildman–Crippen LogP) is 2.66. The monoisotopic (exact) mass is 227 g/mol. The highest BCUT2D eigenvalue weighted by molar-refractivity contribution is 5.72. The molecule has 1 atom stereocenters. The zero-order valence-electron chi connectivity index (χ0n) is 10.8. The van der Waals surface area contributed by atoms with Crippen LogP contribution in [0.5, 0.6) is 0 Å². The van der Waals surface area contributed by atoms with Crippen LogP contribution in [0.15, 0.2) is 11.8 Å². The van der Waals surface area contributed by atoms with E-state index in [1.165, 1.54) is 19.3 Å². The van der Waals surface area contributed by atoms with Gasteiger partial charge in [0.25, 0.3) is 0 Å². The lowest BCUT2D eigenvalue weighted by atomic mass is 10.1. The van der Waals surface area contributed by atoms with E-state index in [2.05, 4.69) is 12.2 Å². The summed E-state index contributed by atoms with van der Waals surface area (Å²) in [7, 11) is 1.66. The van der Waals surface area contributed by atoms with Crippen LogP contribution in [0.3, 0.4) is 0 Å². The quantitative estimate of drug-likeness (QED) is 0.354. The Balaban J connectivity index is 3.67.